The summed E-state index contributed by atoms with van der Waals surface area (Å²) in [7, 11) is 2.01. The number of hydrazine groups is 1. The Morgan fingerprint density at radius 2 is 2.06 bits per heavy atom. The molecule has 4 heteroatoms. The van der Waals surface area contributed by atoms with E-state index in [2.05, 4.69) is 46.5 Å². The van der Waals surface area contributed by atoms with Crippen LogP contribution in [0.1, 0.15) is 25.3 Å². The van der Waals surface area contributed by atoms with E-state index in [4.69, 9.17) is 5.84 Å². The van der Waals surface area contributed by atoms with Crippen molar-refractivity contribution in [3.63, 3.8) is 0 Å². The summed E-state index contributed by atoms with van der Waals surface area (Å²) in [4.78, 5) is 6.51. The molecule has 0 saturated carbocycles. The molecule has 0 radical (unpaired) electrons. The fourth-order valence-corrected chi connectivity index (χ4v) is 1.67. The summed E-state index contributed by atoms with van der Waals surface area (Å²) >= 11 is 0. The zero-order valence-electron chi connectivity index (χ0n) is 11.4. The first kappa shape index (κ1) is 14.5. The molecule has 0 bridgehead atoms. The second-order valence-electron chi connectivity index (χ2n) is 4.36. The Bertz CT molecular complexity index is 348. The molecule has 1 aromatic rings. The first-order valence-corrected chi connectivity index (χ1v) is 6.54. The Kier molecular flexibility index (Phi) is 6.87. The van der Waals surface area contributed by atoms with Gasteiger partial charge in [0.05, 0.1) is 0 Å². The van der Waals surface area contributed by atoms with Crippen molar-refractivity contribution in [2.75, 3.05) is 20.1 Å². The highest BCUT2D eigenvalue weighted by molar-refractivity contribution is 5.79. The van der Waals surface area contributed by atoms with Gasteiger partial charge in [0.15, 0.2) is 0 Å². The van der Waals surface area contributed by atoms with Crippen LogP contribution in [0.4, 0.5) is 0 Å². The zero-order valence-corrected chi connectivity index (χ0v) is 11.4. The van der Waals surface area contributed by atoms with Crippen molar-refractivity contribution < 1.29 is 0 Å². The van der Waals surface area contributed by atoms with Crippen molar-refractivity contribution in [3.05, 3.63) is 35.9 Å². The van der Waals surface area contributed by atoms with E-state index in [-0.39, 0.29) is 0 Å². The SMILES string of the molecule is CCCCN=C(NN)N(C)CCc1ccccc1. The topological polar surface area (TPSA) is 53.6 Å². The highest BCUT2D eigenvalue weighted by atomic mass is 15.4. The number of hydrogen-bond donors (Lipinski definition) is 2. The van der Waals surface area contributed by atoms with Crippen LogP contribution in [-0.4, -0.2) is 31.0 Å². The van der Waals surface area contributed by atoms with Crippen molar-refractivity contribution >= 4 is 5.96 Å². The number of nitrogens with two attached hydrogens (primary N) is 1. The molecule has 1 rings (SSSR count). The molecule has 0 saturated heterocycles. The molecule has 0 aliphatic carbocycles. The first-order chi connectivity index (χ1) is 8.77. The van der Waals surface area contributed by atoms with Crippen LogP contribution in [-0.2, 0) is 6.42 Å². The number of nitrogens with one attached hydrogen (secondary N) is 1. The van der Waals surface area contributed by atoms with Crippen molar-refractivity contribution in [2.24, 2.45) is 10.8 Å². The van der Waals surface area contributed by atoms with Crippen LogP contribution in [0, 0.1) is 0 Å². The molecule has 0 fully saturated rings. The smallest absolute Gasteiger partial charge is 0.208 e. The third kappa shape index (κ3) is 5.19. The third-order valence-electron chi connectivity index (χ3n) is 2.84. The van der Waals surface area contributed by atoms with Gasteiger partial charge in [-0.05, 0) is 18.4 Å². The van der Waals surface area contributed by atoms with Crippen LogP contribution in [0.3, 0.4) is 0 Å². The van der Waals surface area contributed by atoms with Crippen molar-refractivity contribution in [3.8, 4) is 0 Å². The largest absolute Gasteiger partial charge is 0.345 e. The standard InChI is InChI=1S/C14H24N4/c1-3-4-11-16-14(17-15)18(2)12-10-13-8-6-5-7-9-13/h5-9H,3-4,10-12,15H2,1-2H3,(H,16,17). The molecule has 0 atom stereocenters. The van der Waals surface area contributed by atoms with Crippen LogP contribution < -0.4 is 11.3 Å². The number of guanidine groups is 1. The maximum atomic E-state index is 5.50. The van der Waals surface area contributed by atoms with Gasteiger partial charge >= 0.3 is 0 Å². The molecular weight excluding hydrogens is 224 g/mol. The van der Waals surface area contributed by atoms with E-state index in [1.54, 1.807) is 0 Å². The van der Waals surface area contributed by atoms with Gasteiger partial charge in [0.25, 0.3) is 0 Å². The Hall–Kier alpha value is -1.55. The van der Waals surface area contributed by atoms with Crippen molar-refractivity contribution in [1.82, 2.24) is 10.3 Å². The average Bonchev–Trinajstić information content (AvgIpc) is 2.42. The van der Waals surface area contributed by atoms with Crippen LogP contribution in [0.25, 0.3) is 0 Å². The fourth-order valence-electron chi connectivity index (χ4n) is 1.67. The number of hydrogen-bond acceptors (Lipinski definition) is 2. The number of rotatable bonds is 6. The molecule has 0 amide bonds. The second kappa shape index (κ2) is 8.53. The summed E-state index contributed by atoms with van der Waals surface area (Å²) in [6, 6.07) is 10.4. The minimum absolute atomic E-state index is 0.763. The first-order valence-electron chi connectivity index (χ1n) is 6.54. The number of unbranched alkanes of at least 4 members (excludes halogenated alkanes) is 1. The van der Waals surface area contributed by atoms with Gasteiger partial charge in [0.2, 0.25) is 5.96 Å². The Morgan fingerprint density at radius 1 is 1.33 bits per heavy atom. The lowest BCUT2D eigenvalue weighted by Gasteiger charge is -2.20. The van der Waals surface area contributed by atoms with Gasteiger partial charge in [-0.1, -0.05) is 43.7 Å². The molecular formula is C14H24N4. The van der Waals surface area contributed by atoms with E-state index in [9.17, 15) is 0 Å². The molecule has 1 aromatic carbocycles. The van der Waals surface area contributed by atoms with E-state index in [1.807, 2.05) is 13.1 Å². The van der Waals surface area contributed by atoms with Gasteiger partial charge in [-0.3, -0.25) is 10.4 Å². The third-order valence-corrected chi connectivity index (χ3v) is 2.84. The molecule has 0 aliphatic rings. The number of likely N-dealkylation sites (N-methyl/N-ethyl adjacent to an activating group) is 1. The molecule has 100 valence electrons. The van der Waals surface area contributed by atoms with Crippen molar-refractivity contribution in [1.29, 1.82) is 0 Å². The van der Waals surface area contributed by atoms with Crippen LogP contribution in [0.15, 0.2) is 35.3 Å². The molecule has 0 unspecified atom stereocenters. The molecule has 0 spiro atoms. The van der Waals surface area contributed by atoms with Crippen LogP contribution in [0.5, 0.6) is 0 Å². The predicted octanol–water partition coefficient (Wildman–Crippen LogP) is 1.78. The molecule has 0 aliphatic heterocycles. The summed E-state index contributed by atoms with van der Waals surface area (Å²) in [6.45, 7) is 3.88. The van der Waals surface area contributed by atoms with E-state index >= 15 is 0 Å². The Morgan fingerprint density at radius 3 is 2.67 bits per heavy atom. The molecule has 0 aromatic heterocycles. The van der Waals surface area contributed by atoms with Crippen LogP contribution >= 0.6 is 0 Å². The summed E-state index contributed by atoms with van der Waals surface area (Å²) in [5.74, 6) is 6.27. The summed E-state index contributed by atoms with van der Waals surface area (Å²) in [5.41, 5.74) is 4.00. The number of aliphatic imine (C=N–C) groups is 1. The number of benzene rings is 1. The van der Waals surface area contributed by atoms with Crippen molar-refractivity contribution in [2.45, 2.75) is 26.2 Å². The zero-order chi connectivity index (χ0) is 13.2. The summed E-state index contributed by atoms with van der Waals surface area (Å²) in [5, 5.41) is 0. The molecule has 0 heterocycles. The maximum absolute atomic E-state index is 5.50. The quantitative estimate of drug-likeness (QED) is 0.265. The van der Waals surface area contributed by atoms with E-state index in [0.29, 0.717) is 0 Å². The number of nitrogens with zero attached hydrogens (tertiary/aromatic N) is 2. The van der Waals surface area contributed by atoms with E-state index in [1.165, 1.54) is 5.56 Å². The monoisotopic (exact) mass is 248 g/mol. The van der Waals surface area contributed by atoms with E-state index in [0.717, 1.165) is 38.3 Å². The minimum atomic E-state index is 0.763. The van der Waals surface area contributed by atoms with Gasteiger partial charge in [-0.15, -0.1) is 0 Å². The average molecular weight is 248 g/mol. The minimum Gasteiger partial charge on any atom is -0.345 e. The summed E-state index contributed by atoms with van der Waals surface area (Å²) in [6.07, 6.45) is 3.23. The molecule has 18 heavy (non-hydrogen) atoms. The summed E-state index contributed by atoms with van der Waals surface area (Å²) < 4.78 is 0. The van der Waals surface area contributed by atoms with Gasteiger partial charge in [-0.2, -0.15) is 0 Å². The lowest BCUT2D eigenvalue weighted by molar-refractivity contribution is 0.484. The molecule has 3 N–H and O–H groups in total. The van der Waals surface area contributed by atoms with Crippen LogP contribution in [0.2, 0.25) is 0 Å². The van der Waals surface area contributed by atoms with Gasteiger partial charge < -0.3 is 4.90 Å². The second-order valence-corrected chi connectivity index (χ2v) is 4.36. The lowest BCUT2D eigenvalue weighted by atomic mass is 10.1. The highest BCUT2D eigenvalue weighted by Crippen LogP contribution is 2.00. The maximum Gasteiger partial charge on any atom is 0.208 e. The van der Waals surface area contributed by atoms with E-state index < -0.39 is 0 Å². The Balaban J connectivity index is 2.42. The van der Waals surface area contributed by atoms with Gasteiger partial charge in [0.1, 0.15) is 0 Å². The van der Waals surface area contributed by atoms with Gasteiger partial charge in [-0.25, -0.2) is 5.84 Å². The normalized spacial score (nSPS) is 11.4. The predicted molar refractivity (Wildman–Crippen MR) is 77.3 cm³/mol. The molecule has 4 nitrogen and oxygen atoms in total. The lowest BCUT2D eigenvalue weighted by Crippen LogP contribution is -2.43. The van der Waals surface area contributed by atoms with Gasteiger partial charge in [0, 0.05) is 20.1 Å². The fraction of sp³-hybridized carbons (Fsp3) is 0.500. The Labute approximate surface area is 110 Å². The highest BCUT2D eigenvalue weighted by Gasteiger charge is 2.04.